The van der Waals surface area contributed by atoms with Gasteiger partial charge in [0.05, 0.1) is 17.9 Å². The van der Waals surface area contributed by atoms with Crippen molar-refractivity contribution in [2.24, 2.45) is 0 Å². The Kier molecular flexibility index (Phi) is 5.66. The Balaban J connectivity index is 1.61. The lowest BCUT2D eigenvalue weighted by atomic mass is 10.2. The van der Waals surface area contributed by atoms with Crippen LogP contribution < -0.4 is 13.9 Å². The fraction of sp³-hybridized carbons (Fsp3) is 0.579. The zero-order valence-electron chi connectivity index (χ0n) is 17.2. The molecule has 0 unspecified atom stereocenters. The summed E-state index contributed by atoms with van der Waals surface area (Å²) in [7, 11) is -2.15. The zero-order chi connectivity index (χ0) is 21.4. The lowest BCUT2D eigenvalue weighted by Gasteiger charge is -2.28. The van der Waals surface area contributed by atoms with Crippen LogP contribution in [0.5, 0.6) is 0 Å². The van der Waals surface area contributed by atoms with Crippen molar-refractivity contribution in [3.05, 3.63) is 24.3 Å². The number of fused-ring (bicyclic) bond motifs is 1. The maximum Gasteiger partial charge on any atom is 0.410 e. The van der Waals surface area contributed by atoms with Crippen molar-refractivity contribution in [1.29, 1.82) is 0 Å². The van der Waals surface area contributed by atoms with Gasteiger partial charge in [-0.05, 0) is 45.7 Å². The minimum atomic E-state index is -3.66. The van der Waals surface area contributed by atoms with Crippen LogP contribution in [0.2, 0.25) is 0 Å². The number of benzene rings is 1. The predicted molar refractivity (Wildman–Crippen MR) is 110 cm³/mol. The van der Waals surface area contributed by atoms with Crippen molar-refractivity contribution in [3.8, 4) is 0 Å². The maximum absolute atomic E-state index is 12.6. The Bertz CT molecular complexity index is 896. The first kappa shape index (κ1) is 21.2. The summed E-state index contributed by atoms with van der Waals surface area (Å²) in [5.74, 6) is -0.299. The van der Waals surface area contributed by atoms with Gasteiger partial charge in [-0.1, -0.05) is 12.1 Å². The van der Waals surface area contributed by atoms with E-state index in [9.17, 15) is 18.0 Å². The lowest BCUT2D eigenvalue weighted by Crippen LogP contribution is -2.49. The summed E-state index contributed by atoms with van der Waals surface area (Å²) < 4.78 is 33.1. The summed E-state index contributed by atoms with van der Waals surface area (Å²) >= 11 is 0. The third-order valence-corrected chi connectivity index (χ3v) is 6.74. The first-order valence-electron chi connectivity index (χ1n) is 9.65. The van der Waals surface area contributed by atoms with Gasteiger partial charge in [-0.25, -0.2) is 9.10 Å². The number of anilines is 2. The Hall–Kier alpha value is -2.49. The maximum atomic E-state index is 12.6. The molecule has 0 spiro atoms. The molecule has 0 aliphatic carbocycles. The lowest BCUT2D eigenvalue weighted by molar-refractivity contribution is -0.125. The van der Waals surface area contributed by atoms with Gasteiger partial charge in [-0.15, -0.1) is 0 Å². The molecule has 2 amide bonds. The van der Waals surface area contributed by atoms with Crippen LogP contribution in [0.25, 0.3) is 0 Å². The van der Waals surface area contributed by atoms with E-state index in [1.165, 1.54) is 20.6 Å². The van der Waals surface area contributed by atoms with Crippen molar-refractivity contribution in [3.63, 3.8) is 0 Å². The molecule has 2 aliphatic rings. The highest BCUT2D eigenvalue weighted by Crippen LogP contribution is 2.39. The molecular formula is C19H28N4O5S. The number of nitrogens with one attached hydrogen (secondary N) is 1. The molecule has 0 radical (unpaired) electrons. The highest BCUT2D eigenvalue weighted by Gasteiger charge is 2.39. The molecule has 10 heteroatoms. The zero-order valence-corrected chi connectivity index (χ0v) is 18.0. The van der Waals surface area contributed by atoms with Gasteiger partial charge < -0.3 is 10.1 Å². The van der Waals surface area contributed by atoms with E-state index in [2.05, 4.69) is 5.32 Å². The average Bonchev–Trinajstić information content (AvgIpc) is 3.19. The number of nitrogens with zero attached hydrogens (tertiary/aromatic N) is 3. The van der Waals surface area contributed by atoms with Gasteiger partial charge in [0, 0.05) is 20.1 Å². The highest BCUT2D eigenvalue weighted by molar-refractivity contribution is 7.94. The van der Waals surface area contributed by atoms with Crippen LogP contribution in [0, 0.1) is 0 Å². The normalized spacial score (nSPS) is 20.6. The van der Waals surface area contributed by atoms with Crippen LogP contribution in [-0.2, 0) is 19.7 Å². The minimum absolute atomic E-state index is 0.106. The molecule has 0 saturated carbocycles. The van der Waals surface area contributed by atoms with Gasteiger partial charge in [0.2, 0.25) is 5.91 Å². The Labute approximate surface area is 171 Å². The van der Waals surface area contributed by atoms with E-state index in [0.29, 0.717) is 24.3 Å². The molecule has 9 nitrogen and oxygen atoms in total. The van der Waals surface area contributed by atoms with Crippen LogP contribution >= 0.6 is 0 Å². The fourth-order valence-electron chi connectivity index (χ4n) is 3.55. The van der Waals surface area contributed by atoms with Gasteiger partial charge in [-0.2, -0.15) is 8.42 Å². The summed E-state index contributed by atoms with van der Waals surface area (Å²) in [5, 5.41) is 2.77. The van der Waals surface area contributed by atoms with E-state index in [1.54, 1.807) is 45.0 Å². The largest absolute Gasteiger partial charge is 0.444 e. The standard InChI is InChI=1S/C19H28N4O5S/c1-19(2,3)28-18(25)22-12-7-10-16(22)17(24)20-11-13-23-15-9-6-5-8-14(15)21(4)29(23,26)27/h5-6,8-9,16H,7,10-13H2,1-4H3,(H,20,24)/t16-/m1/s1. The van der Waals surface area contributed by atoms with E-state index in [0.717, 1.165) is 6.42 Å². The summed E-state index contributed by atoms with van der Waals surface area (Å²) in [6, 6.07) is 6.43. The molecule has 1 aromatic carbocycles. The fourth-order valence-corrected chi connectivity index (χ4v) is 4.97. The van der Waals surface area contributed by atoms with Crippen LogP contribution in [0.1, 0.15) is 33.6 Å². The van der Waals surface area contributed by atoms with Crippen LogP contribution in [-0.4, -0.2) is 63.6 Å². The number of ether oxygens (including phenoxy) is 1. The van der Waals surface area contributed by atoms with Gasteiger partial charge >= 0.3 is 16.3 Å². The SMILES string of the molecule is CN1c2ccccc2N(CCNC(=O)[C@H]2CCCN2C(=O)OC(C)(C)C)S1(=O)=O. The number of carbonyl (C=O) groups excluding carboxylic acids is 2. The van der Waals surface area contributed by atoms with Crippen molar-refractivity contribution in [2.45, 2.75) is 45.3 Å². The van der Waals surface area contributed by atoms with Gasteiger partial charge in [0.15, 0.2) is 0 Å². The van der Waals surface area contributed by atoms with Crippen molar-refractivity contribution < 1.29 is 22.7 Å². The van der Waals surface area contributed by atoms with E-state index < -0.39 is 27.9 Å². The first-order chi connectivity index (χ1) is 13.5. The number of para-hydroxylation sites is 2. The molecule has 1 saturated heterocycles. The predicted octanol–water partition coefficient (Wildman–Crippen LogP) is 1.70. The third-order valence-electron chi connectivity index (χ3n) is 4.91. The molecule has 160 valence electrons. The second-order valence-corrected chi connectivity index (χ2v) is 10.0. The summed E-state index contributed by atoms with van der Waals surface area (Å²) in [6.07, 6.45) is 0.766. The van der Waals surface area contributed by atoms with Gasteiger partial charge in [0.25, 0.3) is 0 Å². The van der Waals surface area contributed by atoms with E-state index >= 15 is 0 Å². The Morgan fingerprint density at radius 3 is 2.52 bits per heavy atom. The number of rotatable bonds is 4. The molecule has 2 heterocycles. The number of hydrogen-bond donors (Lipinski definition) is 1. The number of amides is 2. The van der Waals surface area contributed by atoms with Crippen LogP contribution in [0.15, 0.2) is 24.3 Å². The molecule has 3 rings (SSSR count). The smallest absolute Gasteiger partial charge is 0.410 e. The molecule has 1 atom stereocenters. The molecule has 29 heavy (non-hydrogen) atoms. The number of hydrogen-bond acceptors (Lipinski definition) is 5. The summed E-state index contributed by atoms with van der Waals surface area (Å²) in [6.45, 7) is 6.04. The van der Waals surface area contributed by atoms with Crippen molar-refractivity contribution in [1.82, 2.24) is 10.2 Å². The van der Waals surface area contributed by atoms with Gasteiger partial charge in [0.1, 0.15) is 11.6 Å². The van der Waals surface area contributed by atoms with Gasteiger partial charge in [-0.3, -0.25) is 14.0 Å². The summed E-state index contributed by atoms with van der Waals surface area (Å²) in [5.41, 5.74) is 0.552. The summed E-state index contributed by atoms with van der Waals surface area (Å²) in [4.78, 5) is 26.4. The molecule has 0 aromatic heterocycles. The molecule has 0 bridgehead atoms. The topological polar surface area (TPSA) is 99.3 Å². The second kappa shape index (κ2) is 7.74. The van der Waals surface area contributed by atoms with Crippen LogP contribution in [0.4, 0.5) is 16.2 Å². The molecule has 1 aromatic rings. The Morgan fingerprint density at radius 2 is 1.86 bits per heavy atom. The second-order valence-electron chi connectivity index (χ2n) is 8.16. The third kappa shape index (κ3) is 4.26. The first-order valence-corrected chi connectivity index (χ1v) is 11.0. The van der Waals surface area contributed by atoms with Crippen molar-refractivity contribution >= 4 is 33.6 Å². The monoisotopic (exact) mass is 424 g/mol. The van der Waals surface area contributed by atoms with E-state index in [1.807, 2.05) is 0 Å². The molecule has 2 aliphatic heterocycles. The highest BCUT2D eigenvalue weighted by atomic mass is 32.2. The van der Waals surface area contributed by atoms with Crippen molar-refractivity contribution in [2.75, 3.05) is 35.3 Å². The van der Waals surface area contributed by atoms with E-state index in [-0.39, 0.29) is 19.0 Å². The minimum Gasteiger partial charge on any atom is -0.444 e. The Morgan fingerprint density at radius 1 is 1.21 bits per heavy atom. The molecule has 1 fully saturated rings. The molecular weight excluding hydrogens is 396 g/mol. The number of carbonyl (C=O) groups is 2. The van der Waals surface area contributed by atoms with E-state index in [4.69, 9.17) is 4.74 Å². The number of likely N-dealkylation sites (tertiary alicyclic amines) is 1. The van der Waals surface area contributed by atoms with Crippen LogP contribution in [0.3, 0.4) is 0 Å². The average molecular weight is 425 g/mol. The molecule has 1 N–H and O–H groups in total. The quantitative estimate of drug-likeness (QED) is 0.793.